The predicted molar refractivity (Wildman–Crippen MR) is 118 cm³/mol. The van der Waals surface area contributed by atoms with Gasteiger partial charge >= 0.3 is 0 Å². The smallest absolute Gasteiger partial charge is 0.241 e. The van der Waals surface area contributed by atoms with Crippen LogP contribution in [0.2, 0.25) is 0 Å². The Hall–Kier alpha value is -2.94. The number of hydrogen-bond donors (Lipinski definition) is 1. The van der Waals surface area contributed by atoms with Gasteiger partial charge in [-0.1, -0.05) is 12.1 Å². The first-order valence-electron chi connectivity index (χ1n) is 10.3. The Morgan fingerprint density at radius 2 is 1.77 bits per heavy atom. The number of carbonyl (C=O) groups excluding carboxylic acids is 1. The Labute approximate surface area is 183 Å². The summed E-state index contributed by atoms with van der Waals surface area (Å²) in [6.07, 6.45) is 0. The minimum absolute atomic E-state index is 0.136. The molecule has 0 aromatic heterocycles. The maximum Gasteiger partial charge on any atom is 0.241 e. The summed E-state index contributed by atoms with van der Waals surface area (Å²) in [7, 11) is -3.69. The van der Waals surface area contributed by atoms with Crippen LogP contribution in [0.25, 0.3) is 0 Å². The molecule has 9 heteroatoms. The van der Waals surface area contributed by atoms with E-state index in [0.29, 0.717) is 37.0 Å². The molecule has 0 spiro atoms. The van der Waals surface area contributed by atoms with Crippen molar-refractivity contribution in [1.82, 2.24) is 5.32 Å². The summed E-state index contributed by atoms with van der Waals surface area (Å²) in [6.45, 7) is 6.36. The van der Waals surface area contributed by atoms with Crippen LogP contribution in [-0.2, 0) is 14.8 Å². The van der Waals surface area contributed by atoms with Gasteiger partial charge in [0, 0.05) is 6.07 Å². The molecule has 1 N–H and O–H groups in total. The minimum Gasteiger partial charge on any atom is -0.494 e. The SMILES string of the molecule is CCOc1ccc([C@@H](C)NC(=O)CN(c2ccc3c(c2)OCCO3)S(=O)(=O)CC)cc1. The molecule has 1 aliphatic rings. The van der Waals surface area contributed by atoms with Crippen LogP contribution in [0.1, 0.15) is 32.4 Å². The Morgan fingerprint density at radius 3 is 2.42 bits per heavy atom. The lowest BCUT2D eigenvalue weighted by Crippen LogP contribution is -2.42. The zero-order chi connectivity index (χ0) is 22.4. The molecule has 3 rings (SSSR count). The van der Waals surface area contributed by atoms with E-state index in [1.165, 1.54) is 0 Å². The molecule has 0 saturated carbocycles. The molecule has 0 fully saturated rings. The molecule has 0 radical (unpaired) electrons. The predicted octanol–water partition coefficient (Wildman–Crippen LogP) is 2.89. The highest BCUT2D eigenvalue weighted by molar-refractivity contribution is 7.92. The van der Waals surface area contributed by atoms with Crippen LogP contribution in [-0.4, -0.2) is 46.4 Å². The quantitative estimate of drug-likeness (QED) is 0.634. The van der Waals surface area contributed by atoms with Crippen molar-refractivity contribution in [2.75, 3.05) is 36.4 Å². The van der Waals surface area contributed by atoms with Crippen molar-refractivity contribution in [2.45, 2.75) is 26.8 Å². The van der Waals surface area contributed by atoms with Gasteiger partial charge in [-0.25, -0.2) is 8.42 Å². The van der Waals surface area contributed by atoms with Gasteiger partial charge in [0.2, 0.25) is 15.9 Å². The van der Waals surface area contributed by atoms with Gasteiger partial charge in [-0.15, -0.1) is 0 Å². The lowest BCUT2D eigenvalue weighted by molar-refractivity contribution is -0.120. The topological polar surface area (TPSA) is 94.2 Å². The Balaban J connectivity index is 1.74. The number of rotatable bonds is 9. The molecule has 1 aliphatic heterocycles. The van der Waals surface area contributed by atoms with E-state index in [2.05, 4.69) is 5.32 Å². The zero-order valence-electron chi connectivity index (χ0n) is 18.0. The molecule has 2 aromatic carbocycles. The van der Waals surface area contributed by atoms with E-state index in [1.54, 1.807) is 25.1 Å². The van der Waals surface area contributed by atoms with Crippen LogP contribution in [0.15, 0.2) is 42.5 Å². The monoisotopic (exact) mass is 448 g/mol. The Bertz CT molecular complexity index is 1010. The minimum atomic E-state index is -3.69. The molecular weight excluding hydrogens is 420 g/mol. The van der Waals surface area contributed by atoms with E-state index in [4.69, 9.17) is 14.2 Å². The lowest BCUT2D eigenvalue weighted by atomic mass is 10.1. The molecule has 0 unspecified atom stereocenters. The van der Waals surface area contributed by atoms with E-state index in [1.807, 2.05) is 38.1 Å². The fourth-order valence-corrected chi connectivity index (χ4v) is 4.27. The number of anilines is 1. The van der Waals surface area contributed by atoms with Crippen molar-refractivity contribution >= 4 is 21.6 Å². The highest BCUT2D eigenvalue weighted by atomic mass is 32.2. The van der Waals surface area contributed by atoms with E-state index in [0.717, 1.165) is 15.6 Å². The van der Waals surface area contributed by atoms with Gasteiger partial charge in [0.1, 0.15) is 25.5 Å². The maximum atomic E-state index is 12.7. The fraction of sp³-hybridized carbons (Fsp3) is 0.409. The molecule has 168 valence electrons. The van der Waals surface area contributed by atoms with E-state index in [-0.39, 0.29) is 18.3 Å². The molecule has 1 atom stereocenters. The molecule has 31 heavy (non-hydrogen) atoms. The summed E-state index contributed by atoms with van der Waals surface area (Å²) < 4.78 is 43.0. The average Bonchev–Trinajstić information content (AvgIpc) is 2.77. The van der Waals surface area contributed by atoms with Gasteiger partial charge < -0.3 is 19.5 Å². The van der Waals surface area contributed by atoms with Crippen molar-refractivity contribution in [1.29, 1.82) is 0 Å². The van der Waals surface area contributed by atoms with E-state index >= 15 is 0 Å². The van der Waals surface area contributed by atoms with Crippen LogP contribution in [0.4, 0.5) is 5.69 Å². The van der Waals surface area contributed by atoms with Crippen molar-refractivity contribution in [3.05, 3.63) is 48.0 Å². The molecule has 0 saturated heterocycles. The Morgan fingerprint density at radius 1 is 1.10 bits per heavy atom. The van der Waals surface area contributed by atoms with Gasteiger partial charge in [0.25, 0.3) is 0 Å². The summed E-state index contributed by atoms with van der Waals surface area (Å²) >= 11 is 0. The third kappa shape index (κ3) is 5.61. The number of hydrogen-bond acceptors (Lipinski definition) is 6. The second-order valence-electron chi connectivity index (χ2n) is 7.03. The van der Waals surface area contributed by atoms with Crippen LogP contribution >= 0.6 is 0 Å². The molecule has 2 aromatic rings. The van der Waals surface area contributed by atoms with Gasteiger partial charge in [0.05, 0.1) is 24.1 Å². The summed E-state index contributed by atoms with van der Waals surface area (Å²) in [5, 5.41) is 2.86. The average molecular weight is 449 g/mol. The summed E-state index contributed by atoms with van der Waals surface area (Å²) in [5.41, 5.74) is 1.25. The second-order valence-corrected chi connectivity index (χ2v) is 9.21. The fourth-order valence-electron chi connectivity index (χ4n) is 3.21. The normalized spacial score (nSPS) is 13.9. The van der Waals surface area contributed by atoms with E-state index < -0.39 is 15.9 Å². The number of nitrogens with zero attached hydrogens (tertiary/aromatic N) is 1. The number of fused-ring (bicyclic) bond motifs is 1. The van der Waals surface area contributed by atoms with Gasteiger partial charge in [-0.2, -0.15) is 0 Å². The van der Waals surface area contributed by atoms with Crippen LogP contribution in [0.3, 0.4) is 0 Å². The molecule has 8 nitrogen and oxygen atoms in total. The molecule has 0 aliphatic carbocycles. The first-order chi connectivity index (χ1) is 14.8. The zero-order valence-corrected chi connectivity index (χ0v) is 18.8. The molecular formula is C22H28N2O6S. The van der Waals surface area contributed by atoms with Crippen molar-refractivity contribution in [2.24, 2.45) is 0 Å². The summed E-state index contributed by atoms with van der Waals surface area (Å²) in [6, 6.07) is 12.0. The molecule has 0 bridgehead atoms. The van der Waals surface area contributed by atoms with Gasteiger partial charge in [0.15, 0.2) is 11.5 Å². The Kier molecular flexibility index (Phi) is 7.27. The van der Waals surface area contributed by atoms with Crippen molar-refractivity contribution in [3.63, 3.8) is 0 Å². The highest BCUT2D eigenvalue weighted by Gasteiger charge is 2.26. The highest BCUT2D eigenvalue weighted by Crippen LogP contribution is 2.34. The van der Waals surface area contributed by atoms with Gasteiger partial charge in [-0.05, 0) is 50.6 Å². The summed E-state index contributed by atoms with van der Waals surface area (Å²) in [5.74, 6) is 1.22. The molecule has 1 amide bonds. The van der Waals surface area contributed by atoms with Crippen molar-refractivity contribution < 1.29 is 27.4 Å². The standard InChI is InChI=1S/C22H28N2O6S/c1-4-28-19-9-6-17(7-10-19)16(3)23-22(25)15-24(31(26,27)5-2)18-8-11-20-21(14-18)30-13-12-29-20/h6-11,14,16H,4-5,12-13,15H2,1-3H3,(H,23,25)/t16-/m1/s1. The first-order valence-corrected chi connectivity index (χ1v) is 11.9. The third-order valence-electron chi connectivity index (χ3n) is 4.87. The number of nitrogens with one attached hydrogen (secondary N) is 1. The second kappa shape index (κ2) is 9.91. The van der Waals surface area contributed by atoms with E-state index in [9.17, 15) is 13.2 Å². The van der Waals surface area contributed by atoms with Crippen LogP contribution in [0.5, 0.6) is 17.2 Å². The number of amides is 1. The molecule has 1 heterocycles. The number of carbonyl (C=O) groups is 1. The van der Waals surface area contributed by atoms with Crippen LogP contribution < -0.4 is 23.8 Å². The van der Waals surface area contributed by atoms with Gasteiger partial charge in [-0.3, -0.25) is 9.10 Å². The number of sulfonamides is 1. The number of ether oxygens (including phenoxy) is 3. The third-order valence-corrected chi connectivity index (χ3v) is 6.61. The van der Waals surface area contributed by atoms with Crippen molar-refractivity contribution in [3.8, 4) is 17.2 Å². The van der Waals surface area contributed by atoms with Crippen LogP contribution in [0, 0.1) is 0 Å². The largest absolute Gasteiger partial charge is 0.494 e. The lowest BCUT2D eigenvalue weighted by Gasteiger charge is -2.26. The number of benzene rings is 2. The maximum absolute atomic E-state index is 12.7. The summed E-state index contributed by atoms with van der Waals surface area (Å²) in [4.78, 5) is 12.7. The first kappa shape index (κ1) is 22.7.